The maximum Gasteiger partial charge on any atom is 0.315 e. The van der Waals surface area contributed by atoms with Crippen molar-refractivity contribution in [3.8, 4) is 17.6 Å². The molecular weight excluding hydrogens is 342 g/mol. The van der Waals surface area contributed by atoms with Gasteiger partial charge in [-0.2, -0.15) is 5.26 Å². The first-order valence-electron chi connectivity index (χ1n) is 7.06. The van der Waals surface area contributed by atoms with Crippen molar-refractivity contribution in [2.24, 2.45) is 0 Å². The first-order valence-corrected chi connectivity index (χ1v) is 7.88. The lowest BCUT2D eigenvalue weighted by Gasteiger charge is -2.05. The first-order chi connectivity index (χ1) is 12.0. The van der Waals surface area contributed by atoms with Crippen molar-refractivity contribution < 1.29 is 14.8 Å². The van der Waals surface area contributed by atoms with Gasteiger partial charge in [0.25, 0.3) is 0 Å². The lowest BCUT2D eigenvalue weighted by atomic mass is 10.1. The highest BCUT2D eigenvalue weighted by molar-refractivity contribution is 7.19. The van der Waals surface area contributed by atoms with Gasteiger partial charge in [-0.15, -0.1) is 11.3 Å². The summed E-state index contributed by atoms with van der Waals surface area (Å²) in [7, 11) is 1.30. The fourth-order valence-corrected chi connectivity index (χ4v) is 3.22. The molecule has 2 aromatic carbocycles. The summed E-state index contributed by atoms with van der Waals surface area (Å²) in [6.07, 6.45) is 1.48. The zero-order chi connectivity index (χ0) is 18.0. The number of nitrogens with zero attached hydrogens (tertiary/aromatic N) is 3. The van der Waals surface area contributed by atoms with Crippen LogP contribution in [0.4, 0.5) is 5.69 Å². The van der Waals surface area contributed by atoms with Crippen molar-refractivity contribution in [1.29, 1.82) is 5.26 Å². The molecule has 1 N–H and O–H groups in total. The molecule has 0 spiro atoms. The molecule has 0 saturated carbocycles. The van der Waals surface area contributed by atoms with Gasteiger partial charge in [-0.05, 0) is 29.8 Å². The molecule has 0 bridgehead atoms. The molecule has 1 heterocycles. The number of para-hydroxylation sites is 1. The summed E-state index contributed by atoms with van der Waals surface area (Å²) in [6, 6.07) is 12.2. The molecule has 1 aromatic heterocycles. The molecule has 25 heavy (non-hydrogen) atoms. The Morgan fingerprint density at radius 1 is 1.44 bits per heavy atom. The fraction of sp³-hybridized carbons (Fsp3) is 0.0588. The monoisotopic (exact) mass is 353 g/mol. The second-order valence-electron chi connectivity index (χ2n) is 5.00. The lowest BCUT2D eigenvalue weighted by Crippen LogP contribution is -1.93. The average molecular weight is 353 g/mol. The Balaban J connectivity index is 2.12. The van der Waals surface area contributed by atoms with Crippen LogP contribution in [0.5, 0.6) is 11.5 Å². The number of thiazole rings is 1. The third-order valence-corrected chi connectivity index (χ3v) is 4.52. The highest BCUT2D eigenvalue weighted by atomic mass is 32.1. The Morgan fingerprint density at radius 2 is 2.20 bits per heavy atom. The number of allylic oxidation sites excluding steroid dienone is 1. The van der Waals surface area contributed by atoms with Gasteiger partial charge in [0.15, 0.2) is 5.75 Å². The van der Waals surface area contributed by atoms with Crippen LogP contribution in [0, 0.1) is 21.4 Å². The lowest BCUT2D eigenvalue weighted by molar-refractivity contribution is -0.386. The molecule has 8 heteroatoms. The van der Waals surface area contributed by atoms with E-state index in [4.69, 9.17) is 4.74 Å². The number of nitro benzene ring substituents is 1. The van der Waals surface area contributed by atoms with Crippen LogP contribution in [0.15, 0.2) is 36.4 Å². The summed E-state index contributed by atoms with van der Waals surface area (Å²) < 4.78 is 5.90. The van der Waals surface area contributed by atoms with E-state index in [1.807, 2.05) is 24.3 Å². The van der Waals surface area contributed by atoms with Crippen LogP contribution < -0.4 is 4.74 Å². The molecule has 7 nitrogen and oxygen atoms in total. The van der Waals surface area contributed by atoms with E-state index < -0.39 is 16.4 Å². The van der Waals surface area contributed by atoms with Gasteiger partial charge < -0.3 is 9.84 Å². The van der Waals surface area contributed by atoms with Gasteiger partial charge in [-0.1, -0.05) is 12.1 Å². The minimum atomic E-state index is -0.709. The molecule has 0 aliphatic carbocycles. The topological polar surface area (TPSA) is 109 Å². The second-order valence-corrected chi connectivity index (χ2v) is 6.04. The zero-order valence-electron chi connectivity index (χ0n) is 13.0. The van der Waals surface area contributed by atoms with Crippen molar-refractivity contribution >= 4 is 38.9 Å². The van der Waals surface area contributed by atoms with Gasteiger partial charge in [0.2, 0.25) is 5.75 Å². The second kappa shape index (κ2) is 6.59. The molecular formula is C17H11N3O4S. The first kappa shape index (κ1) is 16.4. The molecule has 0 aliphatic rings. The molecule has 124 valence electrons. The van der Waals surface area contributed by atoms with Crippen molar-refractivity contribution in [3.63, 3.8) is 0 Å². The number of hydrogen-bond acceptors (Lipinski definition) is 7. The standard InChI is InChI=1S/C17H11N3O4S/c1-24-14-8-10(7-13(16(14)21)20(22)23)6-11(9-18)17-19-12-4-2-3-5-15(12)25-17/h2-8,21H,1H3/b11-6+. The molecule has 0 radical (unpaired) electrons. The molecule has 0 atom stereocenters. The molecule has 3 rings (SSSR count). The van der Waals surface area contributed by atoms with E-state index >= 15 is 0 Å². The van der Waals surface area contributed by atoms with Crippen LogP contribution >= 0.6 is 11.3 Å². The van der Waals surface area contributed by atoms with E-state index in [1.54, 1.807) is 0 Å². The van der Waals surface area contributed by atoms with E-state index in [9.17, 15) is 20.5 Å². The van der Waals surface area contributed by atoms with E-state index in [0.29, 0.717) is 10.6 Å². The van der Waals surface area contributed by atoms with Gasteiger partial charge in [0.05, 0.1) is 27.8 Å². The van der Waals surface area contributed by atoms with Gasteiger partial charge in [-0.3, -0.25) is 10.1 Å². The Kier molecular flexibility index (Phi) is 4.33. The highest BCUT2D eigenvalue weighted by Crippen LogP contribution is 2.38. The van der Waals surface area contributed by atoms with Crippen molar-refractivity contribution in [3.05, 3.63) is 57.1 Å². The third kappa shape index (κ3) is 3.13. The number of methoxy groups -OCH3 is 1. The minimum Gasteiger partial charge on any atom is -0.500 e. The SMILES string of the molecule is COc1cc(/C=C(\C#N)c2nc3ccccc3s2)cc([N+](=O)[O-])c1O. The van der Waals surface area contributed by atoms with E-state index in [2.05, 4.69) is 11.1 Å². The Hall–Kier alpha value is -3.44. The van der Waals surface area contributed by atoms with Crippen LogP contribution in [0.25, 0.3) is 21.9 Å². The van der Waals surface area contributed by atoms with Gasteiger partial charge >= 0.3 is 5.69 Å². The smallest absolute Gasteiger partial charge is 0.315 e. The van der Waals surface area contributed by atoms with Gasteiger partial charge in [0, 0.05) is 6.07 Å². The molecule has 3 aromatic rings. The summed E-state index contributed by atoms with van der Waals surface area (Å²) in [5, 5.41) is 30.9. The van der Waals surface area contributed by atoms with Crippen LogP contribution in [0.1, 0.15) is 10.6 Å². The summed E-state index contributed by atoms with van der Waals surface area (Å²) in [5.74, 6) is -0.592. The van der Waals surface area contributed by atoms with E-state index in [1.165, 1.54) is 36.7 Å². The Bertz CT molecular complexity index is 1020. The molecule has 0 saturated heterocycles. The largest absolute Gasteiger partial charge is 0.500 e. The number of benzene rings is 2. The zero-order valence-corrected chi connectivity index (χ0v) is 13.8. The Morgan fingerprint density at radius 3 is 2.84 bits per heavy atom. The average Bonchev–Trinajstić information content (AvgIpc) is 3.04. The number of nitriles is 1. The predicted octanol–water partition coefficient (Wildman–Crippen LogP) is 3.98. The molecule has 0 aliphatic heterocycles. The third-order valence-electron chi connectivity index (χ3n) is 3.45. The summed E-state index contributed by atoms with van der Waals surface area (Å²) >= 11 is 1.36. The van der Waals surface area contributed by atoms with E-state index in [0.717, 1.165) is 10.2 Å². The van der Waals surface area contributed by atoms with Crippen molar-refractivity contribution in [2.75, 3.05) is 7.11 Å². The quantitative estimate of drug-likeness (QED) is 0.431. The van der Waals surface area contributed by atoms with Gasteiger partial charge in [0.1, 0.15) is 11.1 Å². The predicted molar refractivity (Wildman–Crippen MR) is 94.4 cm³/mol. The number of nitro groups is 1. The maximum absolute atomic E-state index is 11.1. The molecule has 0 unspecified atom stereocenters. The number of aromatic nitrogens is 1. The number of phenolic OH excluding ortho intramolecular Hbond substituents is 1. The highest BCUT2D eigenvalue weighted by Gasteiger charge is 2.20. The van der Waals surface area contributed by atoms with Crippen LogP contribution in [0.3, 0.4) is 0 Å². The molecule has 0 amide bonds. The van der Waals surface area contributed by atoms with Crippen LogP contribution in [-0.2, 0) is 0 Å². The van der Waals surface area contributed by atoms with Crippen molar-refractivity contribution in [2.45, 2.75) is 0 Å². The van der Waals surface area contributed by atoms with Gasteiger partial charge in [-0.25, -0.2) is 4.98 Å². The maximum atomic E-state index is 11.1. The summed E-state index contributed by atoms with van der Waals surface area (Å²) in [5.41, 5.74) is 0.908. The number of ether oxygens (including phenoxy) is 1. The Labute approximate surface area is 146 Å². The summed E-state index contributed by atoms with van der Waals surface area (Å²) in [4.78, 5) is 14.8. The number of rotatable bonds is 4. The van der Waals surface area contributed by atoms with Crippen LogP contribution in [-0.4, -0.2) is 22.1 Å². The number of phenols is 1. The van der Waals surface area contributed by atoms with Crippen LogP contribution in [0.2, 0.25) is 0 Å². The van der Waals surface area contributed by atoms with Crippen molar-refractivity contribution in [1.82, 2.24) is 4.98 Å². The minimum absolute atomic E-state index is 0.0398. The summed E-state index contributed by atoms with van der Waals surface area (Å²) in [6.45, 7) is 0. The molecule has 0 fully saturated rings. The number of aromatic hydroxyl groups is 1. The van der Waals surface area contributed by atoms with E-state index in [-0.39, 0.29) is 11.3 Å². The normalized spacial score (nSPS) is 11.3. The number of hydrogen-bond donors (Lipinski definition) is 1. The fourth-order valence-electron chi connectivity index (χ4n) is 2.29. The number of fused-ring (bicyclic) bond motifs is 1.